The minimum absolute atomic E-state index is 0.550. The number of benzene rings is 1. The van der Waals surface area contributed by atoms with Crippen molar-refractivity contribution in [2.45, 2.75) is 6.92 Å². The Balaban J connectivity index is 2.46. The van der Waals surface area contributed by atoms with Crippen LogP contribution in [-0.4, -0.2) is 15.7 Å². The Morgan fingerprint density at radius 2 is 1.72 bits per heavy atom. The van der Waals surface area contributed by atoms with Crippen LogP contribution in [0.15, 0.2) is 46.2 Å². The summed E-state index contributed by atoms with van der Waals surface area (Å²) in [6.07, 6.45) is 3.12. The molecule has 0 N–H and O–H groups in total. The van der Waals surface area contributed by atoms with E-state index >= 15 is 0 Å². The molecule has 0 aliphatic heterocycles. The monoisotopic (exact) mass is 246 g/mol. The van der Waals surface area contributed by atoms with Crippen molar-refractivity contribution >= 4 is 0 Å². The van der Waals surface area contributed by atoms with E-state index in [1.54, 1.807) is 43.7 Å². The third-order valence-electron chi connectivity index (χ3n) is 2.59. The van der Waals surface area contributed by atoms with Gasteiger partial charge in [-0.1, -0.05) is 0 Å². The predicted octanol–water partition coefficient (Wildman–Crippen LogP) is 0.935. The second-order valence-corrected chi connectivity index (χ2v) is 3.82. The topological polar surface area (TPSA) is 53.2 Å². The normalized spacial score (nSPS) is 10.3. The van der Waals surface area contributed by atoms with Gasteiger partial charge in [0.05, 0.1) is 6.61 Å². The lowest BCUT2D eigenvalue weighted by molar-refractivity contribution is 0.340. The lowest BCUT2D eigenvalue weighted by Crippen LogP contribution is -2.38. The molecule has 0 fully saturated rings. The van der Waals surface area contributed by atoms with E-state index in [1.165, 1.54) is 9.13 Å². The van der Waals surface area contributed by atoms with Gasteiger partial charge in [-0.25, -0.2) is 0 Å². The standard InChI is InChI=1S/C13H14N2O3/c1-3-18-11-6-4-10(5-7-11)15-9-8-14(2)12(16)13(15)17/h4-9H,3H2,1-2H3. The molecule has 2 aromatic rings. The Labute approximate surface area is 104 Å². The minimum Gasteiger partial charge on any atom is -0.494 e. The highest BCUT2D eigenvalue weighted by Crippen LogP contribution is 2.13. The lowest BCUT2D eigenvalue weighted by Gasteiger charge is -2.07. The van der Waals surface area contributed by atoms with E-state index in [1.807, 2.05) is 6.92 Å². The van der Waals surface area contributed by atoms with Crippen LogP contribution in [0.4, 0.5) is 0 Å². The number of rotatable bonds is 3. The van der Waals surface area contributed by atoms with E-state index in [0.717, 1.165) is 5.75 Å². The van der Waals surface area contributed by atoms with Crippen molar-refractivity contribution < 1.29 is 4.74 Å². The number of aryl methyl sites for hydroxylation is 1. The molecule has 1 aromatic heterocycles. The van der Waals surface area contributed by atoms with E-state index in [4.69, 9.17) is 4.74 Å². The summed E-state index contributed by atoms with van der Waals surface area (Å²) in [5, 5.41) is 0. The molecule has 18 heavy (non-hydrogen) atoms. The Morgan fingerprint density at radius 3 is 2.33 bits per heavy atom. The third kappa shape index (κ3) is 2.20. The molecule has 0 bridgehead atoms. The van der Waals surface area contributed by atoms with Crippen molar-refractivity contribution in [3.63, 3.8) is 0 Å². The second kappa shape index (κ2) is 4.91. The van der Waals surface area contributed by atoms with E-state index in [2.05, 4.69) is 0 Å². The van der Waals surface area contributed by atoms with E-state index in [9.17, 15) is 9.59 Å². The summed E-state index contributed by atoms with van der Waals surface area (Å²) >= 11 is 0. The summed E-state index contributed by atoms with van der Waals surface area (Å²) in [4.78, 5) is 23.3. The number of hydrogen-bond acceptors (Lipinski definition) is 3. The summed E-state index contributed by atoms with van der Waals surface area (Å²) in [5.74, 6) is 0.734. The quantitative estimate of drug-likeness (QED) is 0.757. The minimum atomic E-state index is -0.566. The summed E-state index contributed by atoms with van der Waals surface area (Å²) in [5.41, 5.74) is -0.475. The second-order valence-electron chi connectivity index (χ2n) is 3.82. The van der Waals surface area contributed by atoms with Gasteiger partial charge in [0.15, 0.2) is 0 Å². The maximum atomic E-state index is 11.8. The molecule has 0 aliphatic carbocycles. The first-order chi connectivity index (χ1) is 8.63. The third-order valence-corrected chi connectivity index (χ3v) is 2.59. The van der Waals surface area contributed by atoms with E-state index in [-0.39, 0.29) is 0 Å². The number of hydrogen-bond donors (Lipinski definition) is 0. The molecule has 5 heteroatoms. The Morgan fingerprint density at radius 1 is 1.06 bits per heavy atom. The molecule has 1 aromatic carbocycles. The van der Waals surface area contributed by atoms with Gasteiger partial charge in [-0.3, -0.25) is 14.2 Å². The molecule has 0 spiro atoms. The molecule has 0 atom stereocenters. The summed E-state index contributed by atoms with van der Waals surface area (Å²) in [7, 11) is 1.55. The highest BCUT2D eigenvalue weighted by molar-refractivity contribution is 5.37. The number of ether oxygens (including phenoxy) is 1. The Kier molecular flexibility index (Phi) is 3.32. The maximum Gasteiger partial charge on any atom is 0.320 e. The van der Waals surface area contributed by atoms with Gasteiger partial charge in [0.2, 0.25) is 0 Å². The molecule has 0 unspecified atom stereocenters. The van der Waals surface area contributed by atoms with Gasteiger partial charge in [0, 0.05) is 25.1 Å². The van der Waals surface area contributed by atoms with Gasteiger partial charge in [-0.05, 0) is 31.2 Å². The Bertz CT molecular complexity index is 653. The summed E-state index contributed by atoms with van der Waals surface area (Å²) in [6, 6.07) is 7.02. The van der Waals surface area contributed by atoms with Crippen LogP contribution in [0.25, 0.3) is 5.69 Å². The predicted molar refractivity (Wildman–Crippen MR) is 68.4 cm³/mol. The van der Waals surface area contributed by atoms with Gasteiger partial charge in [-0.15, -0.1) is 0 Å². The van der Waals surface area contributed by atoms with E-state index in [0.29, 0.717) is 12.3 Å². The summed E-state index contributed by atoms with van der Waals surface area (Å²) < 4.78 is 7.89. The Hall–Kier alpha value is -2.30. The van der Waals surface area contributed by atoms with Crippen LogP contribution in [0.5, 0.6) is 5.75 Å². The average molecular weight is 246 g/mol. The zero-order valence-corrected chi connectivity index (χ0v) is 10.3. The van der Waals surface area contributed by atoms with E-state index < -0.39 is 11.1 Å². The van der Waals surface area contributed by atoms with Gasteiger partial charge in [0.1, 0.15) is 5.75 Å². The van der Waals surface area contributed by atoms with Crippen molar-refractivity contribution in [3.05, 3.63) is 57.4 Å². The fourth-order valence-electron chi connectivity index (χ4n) is 1.63. The summed E-state index contributed by atoms with van der Waals surface area (Å²) in [6.45, 7) is 2.49. The van der Waals surface area contributed by atoms with Crippen LogP contribution in [0, 0.1) is 0 Å². The van der Waals surface area contributed by atoms with Crippen molar-refractivity contribution in [2.24, 2.45) is 7.05 Å². The van der Waals surface area contributed by atoms with Crippen LogP contribution >= 0.6 is 0 Å². The van der Waals surface area contributed by atoms with Gasteiger partial charge < -0.3 is 9.30 Å². The molecule has 1 heterocycles. The SMILES string of the molecule is CCOc1ccc(-n2ccn(C)c(=O)c2=O)cc1. The van der Waals surface area contributed by atoms with Gasteiger partial charge in [-0.2, -0.15) is 0 Å². The van der Waals surface area contributed by atoms with Crippen LogP contribution in [0.1, 0.15) is 6.92 Å². The van der Waals surface area contributed by atoms with Crippen molar-refractivity contribution in [1.82, 2.24) is 9.13 Å². The molecule has 0 radical (unpaired) electrons. The molecule has 0 saturated heterocycles. The van der Waals surface area contributed by atoms with Crippen LogP contribution in [0.2, 0.25) is 0 Å². The lowest BCUT2D eigenvalue weighted by atomic mass is 10.3. The molecule has 0 saturated carbocycles. The fraction of sp³-hybridized carbons (Fsp3) is 0.231. The van der Waals surface area contributed by atoms with Crippen molar-refractivity contribution in [1.29, 1.82) is 0 Å². The van der Waals surface area contributed by atoms with Crippen LogP contribution in [-0.2, 0) is 7.05 Å². The molecular formula is C13H14N2O3. The number of nitrogens with zero attached hydrogens (tertiary/aromatic N) is 2. The molecular weight excluding hydrogens is 232 g/mol. The molecule has 0 amide bonds. The van der Waals surface area contributed by atoms with Gasteiger partial charge in [0.25, 0.3) is 0 Å². The smallest absolute Gasteiger partial charge is 0.320 e. The largest absolute Gasteiger partial charge is 0.494 e. The molecule has 2 rings (SSSR count). The molecule has 94 valence electrons. The highest BCUT2D eigenvalue weighted by atomic mass is 16.5. The van der Waals surface area contributed by atoms with Gasteiger partial charge >= 0.3 is 11.1 Å². The number of aromatic nitrogens is 2. The zero-order chi connectivity index (χ0) is 13.1. The maximum absolute atomic E-state index is 11.8. The van der Waals surface area contributed by atoms with Crippen molar-refractivity contribution in [3.8, 4) is 11.4 Å². The van der Waals surface area contributed by atoms with Crippen LogP contribution in [0.3, 0.4) is 0 Å². The first-order valence-corrected chi connectivity index (χ1v) is 5.65. The molecule has 5 nitrogen and oxygen atoms in total. The zero-order valence-electron chi connectivity index (χ0n) is 10.3. The van der Waals surface area contributed by atoms with Crippen LogP contribution < -0.4 is 15.9 Å². The first-order valence-electron chi connectivity index (χ1n) is 5.65. The highest BCUT2D eigenvalue weighted by Gasteiger charge is 2.04. The first kappa shape index (κ1) is 12.2. The molecule has 0 aliphatic rings. The average Bonchev–Trinajstić information content (AvgIpc) is 2.38. The fourth-order valence-corrected chi connectivity index (χ4v) is 1.63. The van der Waals surface area contributed by atoms with Crippen molar-refractivity contribution in [2.75, 3.05) is 6.61 Å².